The van der Waals surface area contributed by atoms with E-state index < -0.39 is 5.54 Å². The van der Waals surface area contributed by atoms with Crippen LogP contribution in [-0.4, -0.2) is 61.8 Å². The SMILES string of the molecule is COC(=O)c1ccc(C2(NC(=O)C3(N4CCC[C@H](Oc5cccc(Cl)c5)C4)CCOCC3)CC2)cc1. The van der Waals surface area contributed by atoms with Crippen molar-refractivity contribution >= 4 is 23.5 Å². The van der Waals surface area contributed by atoms with Gasteiger partial charge >= 0.3 is 5.97 Å². The van der Waals surface area contributed by atoms with Crippen molar-refractivity contribution in [3.05, 3.63) is 64.7 Å². The molecule has 1 atom stereocenters. The number of benzene rings is 2. The zero-order valence-corrected chi connectivity index (χ0v) is 21.4. The quantitative estimate of drug-likeness (QED) is 0.557. The Kier molecular flexibility index (Phi) is 7.24. The zero-order valence-electron chi connectivity index (χ0n) is 20.6. The maximum absolute atomic E-state index is 14.0. The van der Waals surface area contributed by atoms with Gasteiger partial charge in [0.1, 0.15) is 17.4 Å². The molecule has 36 heavy (non-hydrogen) atoms. The largest absolute Gasteiger partial charge is 0.489 e. The number of methoxy groups -OCH3 is 1. The predicted molar refractivity (Wildman–Crippen MR) is 136 cm³/mol. The topological polar surface area (TPSA) is 77.1 Å². The van der Waals surface area contributed by atoms with Gasteiger partial charge in [0.15, 0.2) is 0 Å². The Hall–Kier alpha value is -2.61. The van der Waals surface area contributed by atoms with E-state index in [0.717, 1.165) is 43.5 Å². The first-order valence-electron chi connectivity index (χ1n) is 12.7. The van der Waals surface area contributed by atoms with Crippen LogP contribution in [0.25, 0.3) is 0 Å². The van der Waals surface area contributed by atoms with Crippen LogP contribution in [0.2, 0.25) is 5.02 Å². The zero-order chi connectivity index (χ0) is 25.2. The first kappa shape index (κ1) is 25.1. The summed E-state index contributed by atoms with van der Waals surface area (Å²) in [4.78, 5) is 28.2. The van der Waals surface area contributed by atoms with Gasteiger partial charge in [-0.1, -0.05) is 29.8 Å². The fourth-order valence-corrected chi connectivity index (χ4v) is 5.72. The minimum absolute atomic E-state index is 0.00881. The molecule has 1 aliphatic carbocycles. The number of esters is 1. The minimum Gasteiger partial charge on any atom is -0.489 e. The molecule has 1 saturated carbocycles. The molecule has 5 rings (SSSR count). The Morgan fingerprint density at radius 3 is 2.50 bits per heavy atom. The Balaban J connectivity index is 1.32. The molecular formula is C28H33ClN2O5. The van der Waals surface area contributed by atoms with Crippen LogP contribution in [0.5, 0.6) is 5.75 Å². The van der Waals surface area contributed by atoms with Crippen molar-refractivity contribution in [2.75, 3.05) is 33.4 Å². The molecule has 3 fully saturated rings. The second-order valence-electron chi connectivity index (χ2n) is 10.0. The lowest BCUT2D eigenvalue weighted by Crippen LogP contribution is -2.65. The molecule has 1 amide bonds. The molecule has 3 aliphatic rings. The number of likely N-dealkylation sites (tertiary alicyclic amines) is 1. The Bertz CT molecular complexity index is 1100. The molecular weight excluding hydrogens is 480 g/mol. The molecule has 0 aromatic heterocycles. The van der Waals surface area contributed by atoms with Gasteiger partial charge in [0.05, 0.1) is 18.2 Å². The van der Waals surface area contributed by atoms with E-state index in [1.54, 1.807) is 12.1 Å². The highest BCUT2D eigenvalue weighted by molar-refractivity contribution is 6.30. The van der Waals surface area contributed by atoms with Crippen molar-refractivity contribution in [1.82, 2.24) is 10.2 Å². The number of halogens is 1. The molecule has 7 nitrogen and oxygen atoms in total. The van der Waals surface area contributed by atoms with Crippen LogP contribution >= 0.6 is 11.6 Å². The van der Waals surface area contributed by atoms with Crippen molar-refractivity contribution in [1.29, 1.82) is 0 Å². The van der Waals surface area contributed by atoms with Gasteiger partial charge in [-0.3, -0.25) is 9.69 Å². The van der Waals surface area contributed by atoms with E-state index in [1.807, 2.05) is 36.4 Å². The number of ether oxygens (including phenoxy) is 3. The molecule has 2 aliphatic heterocycles. The van der Waals surface area contributed by atoms with Crippen molar-refractivity contribution in [3.8, 4) is 5.75 Å². The van der Waals surface area contributed by atoms with E-state index in [2.05, 4.69) is 10.2 Å². The average Bonchev–Trinajstić information content (AvgIpc) is 3.69. The summed E-state index contributed by atoms with van der Waals surface area (Å²) in [5.74, 6) is 0.451. The highest BCUT2D eigenvalue weighted by atomic mass is 35.5. The lowest BCUT2D eigenvalue weighted by molar-refractivity contribution is -0.145. The number of nitrogens with zero attached hydrogens (tertiary/aromatic N) is 1. The first-order chi connectivity index (χ1) is 17.4. The van der Waals surface area contributed by atoms with E-state index in [9.17, 15) is 9.59 Å². The summed E-state index contributed by atoms with van der Waals surface area (Å²) in [5.41, 5.74) is 0.509. The van der Waals surface area contributed by atoms with Crippen molar-refractivity contribution in [2.45, 2.75) is 55.7 Å². The molecule has 0 spiro atoms. The Morgan fingerprint density at radius 2 is 1.83 bits per heavy atom. The molecule has 2 saturated heterocycles. The van der Waals surface area contributed by atoms with Gasteiger partial charge < -0.3 is 19.5 Å². The fourth-order valence-electron chi connectivity index (χ4n) is 5.54. The van der Waals surface area contributed by atoms with E-state index in [-0.39, 0.29) is 23.5 Å². The average molecular weight is 513 g/mol. The van der Waals surface area contributed by atoms with Gasteiger partial charge in [-0.2, -0.15) is 0 Å². The van der Waals surface area contributed by atoms with E-state index >= 15 is 0 Å². The smallest absolute Gasteiger partial charge is 0.337 e. The maximum Gasteiger partial charge on any atom is 0.337 e. The van der Waals surface area contributed by atoms with E-state index in [4.69, 9.17) is 25.8 Å². The summed E-state index contributed by atoms with van der Waals surface area (Å²) < 4.78 is 16.8. The van der Waals surface area contributed by atoms with Crippen LogP contribution in [0.15, 0.2) is 48.5 Å². The summed E-state index contributed by atoms with van der Waals surface area (Å²) in [6.07, 6.45) is 4.95. The Morgan fingerprint density at radius 1 is 1.08 bits per heavy atom. The number of piperidine rings is 1. The van der Waals surface area contributed by atoms with Gasteiger partial charge in [-0.05, 0) is 81.0 Å². The van der Waals surface area contributed by atoms with Gasteiger partial charge in [0.25, 0.3) is 0 Å². The summed E-state index contributed by atoms with van der Waals surface area (Å²) >= 11 is 6.15. The van der Waals surface area contributed by atoms with Crippen LogP contribution < -0.4 is 10.1 Å². The van der Waals surface area contributed by atoms with Crippen molar-refractivity contribution in [3.63, 3.8) is 0 Å². The number of rotatable bonds is 7. The standard InChI is InChI=1S/C28H33ClN2O5/c1-34-25(32)20-7-9-21(10-8-20)27(11-12-27)30-26(33)28(13-16-35-17-14-28)31-15-3-6-24(19-31)36-23-5-2-4-22(29)18-23/h2,4-5,7-10,18,24H,3,6,11-17,19H2,1H3,(H,30,33)/t24-/m0/s1. The van der Waals surface area contributed by atoms with Gasteiger partial charge in [-0.25, -0.2) is 4.79 Å². The highest BCUT2D eigenvalue weighted by Crippen LogP contribution is 2.46. The second kappa shape index (κ2) is 10.4. The molecule has 2 aromatic rings. The van der Waals surface area contributed by atoms with Gasteiger partial charge in [0.2, 0.25) is 5.91 Å². The maximum atomic E-state index is 14.0. The molecule has 2 heterocycles. The van der Waals surface area contributed by atoms with Crippen molar-refractivity contribution in [2.24, 2.45) is 0 Å². The minimum atomic E-state index is -0.629. The lowest BCUT2D eigenvalue weighted by atomic mass is 9.84. The number of nitrogens with one attached hydrogen (secondary N) is 1. The van der Waals surface area contributed by atoms with Crippen molar-refractivity contribution < 1.29 is 23.8 Å². The van der Waals surface area contributed by atoms with Crippen LogP contribution in [0.1, 0.15) is 54.4 Å². The summed E-state index contributed by atoms with van der Waals surface area (Å²) in [5, 5.41) is 4.06. The lowest BCUT2D eigenvalue weighted by Gasteiger charge is -2.48. The van der Waals surface area contributed by atoms with E-state index in [1.165, 1.54) is 7.11 Å². The summed E-state index contributed by atoms with van der Waals surface area (Å²) in [7, 11) is 1.37. The first-order valence-corrected chi connectivity index (χ1v) is 13.1. The van der Waals surface area contributed by atoms with Gasteiger partial charge in [-0.15, -0.1) is 0 Å². The van der Waals surface area contributed by atoms with E-state index in [0.29, 0.717) is 43.2 Å². The molecule has 2 aromatic carbocycles. The van der Waals surface area contributed by atoms with Crippen LogP contribution in [-0.2, 0) is 19.8 Å². The summed E-state index contributed by atoms with van der Waals surface area (Å²) in [6, 6.07) is 14.8. The molecule has 0 radical (unpaired) electrons. The molecule has 8 heteroatoms. The number of hydrogen-bond donors (Lipinski definition) is 1. The third kappa shape index (κ3) is 5.10. The fraction of sp³-hybridized carbons (Fsp3) is 0.500. The van der Waals surface area contributed by atoms with Gasteiger partial charge in [0, 0.05) is 24.8 Å². The third-order valence-electron chi connectivity index (χ3n) is 7.79. The van der Waals surface area contributed by atoms with Crippen LogP contribution in [0.3, 0.4) is 0 Å². The molecule has 0 bridgehead atoms. The van der Waals surface area contributed by atoms with Crippen LogP contribution in [0.4, 0.5) is 0 Å². The number of hydrogen-bond acceptors (Lipinski definition) is 6. The molecule has 192 valence electrons. The highest BCUT2D eigenvalue weighted by Gasteiger charge is 2.52. The number of amides is 1. The summed E-state index contributed by atoms with van der Waals surface area (Å²) in [6.45, 7) is 2.65. The molecule has 0 unspecified atom stereocenters. The van der Waals surface area contributed by atoms with Crippen LogP contribution in [0, 0.1) is 0 Å². The monoisotopic (exact) mass is 512 g/mol. The number of carbonyl (C=O) groups excluding carboxylic acids is 2. The third-order valence-corrected chi connectivity index (χ3v) is 8.02. The second-order valence-corrected chi connectivity index (χ2v) is 10.5. The number of carbonyl (C=O) groups is 2. The Labute approximate surface area is 217 Å². The molecule has 1 N–H and O–H groups in total. The predicted octanol–water partition coefficient (Wildman–Crippen LogP) is 4.32. The normalized spacial score (nSPS) is 22.9.